The van der Waals surface area contributed by atoms with Crippen LogP contribution in [0.4, 0.5) is 0 Å². The highest BCUT2D eigenvalue weighted by molar-refractivity contribution is 7.12. The van der Waals surface area contributed by atoms with Gasteiger partial charge >= 0.3 is 5.97 Å². The van der Waals surface area contributed by atoms with Crippen molar-refractivity contribution in [1.29, 1.82) is 0 Å². The fourth-order valence-electron chi connectivity index (χ4n) is 1.81. The molecule has 0 unspecified atom stereocenters. The largest absolute Gasteiger partial charge is 0.456 e. The van der Waals surface area contributed by atoms with E-state index in [1.165, 1.54) is 22.7 Å². The molecule has 7 nitrogen and oxygen atoms in total. The van der Waals surface area contributed by atoms with Crippen molar-refractivity contribution in [2.45, 2.75) is 13.0 Å². The lowest BCUT2D eigenvalue weighted by Gasteiger charge is -2.03. The van der Waals surface area contributed by atoms with Crippen molar-refractivity contribution < 1.29 is 18.8 Å². The molecule has 0 aliphatic carbocycles. The zero-order valence-electron chi connectivity index (χ0n) is 12.4. The summed E-state index contributed by atoms with van der Waals surface area (Å²) in [4.78, 5) is 28.1. The van der Waals surface area contributed by atoms with E-state index in [1.807, 2.05) is 22.2 Å². The van der Waals surface area contributed by atoms with Crippen LogP contribution >= 0.6 is 22.7 Å². The van der Waals surface area contributed by atoms with Crippen LogP contribution in [0.25, 0.3) is 11.4 Å². The van der Waals surface area contributed by atoms with Gasteiger partial charge in [0.2, 0.25) is 5.82 Å². The van der Waals surface area contributed by atoms with Crippen LogP contribution in [0.2, 0.25) is 0 Å². The minimum Gasteiger partial charge on any atom is -0.456 e. The molecule has 0 aliphatic heterocycles. The Morgan fingerprint density at radius 3 is 2.96 bits per heavy atom. The lowest BCUT2D eigenvalue weighted by molar-refractivity contribution is -0.145. The highest BCUT2D eigenvalue weighted by atomic mass is 32.1. The molecule has 1 amide bonds. The third-order valence-electron chi connectivity index (χ3n) is 2.96. The minimum atomic E-state index is -0.447. The van der Waals surface area contributed by atoms with E-state index in [0.29, 0.717) is 10.7 Å². The molecule has 3 aromatic rings. The molecular formula is C15H13N3O4S2. The number of aromatic nitrogens is 2. The molecule has 1 N–H and O–H groups in total. The number of rotatable bonds is 7. The van der Waals surface area contributed by atoms with Crippen LogP contribution in [0, 0.1) is 0 Å². The van der Waals surface area contributed by atoms with E-state index in [2.05, 4.69) is 15.5 Å². The van der Waals surface area contributed by atoms with Gasteiger partial charge in [0.05, 0.1) is 11.3 Å². The maximum absolute atomic E-state index is 11.7. The Kier molecular flexibility index (Phi) is 5.34. The molecule has 124 valence electrons. The van der Waals surface area contributed by atoms with Crippen molar-refractivity contribution >= 4 is 34.6 Å². The Labute approximate surface area is 145 Å². The monoisotopic (exact) mass is 363 g/mol. The highest BCUT2D eigenvalue weighted by Gasteiger charge is 2.12. The van der Waals surface area contributed by atoms with Crippen LogP contribution in [0.5, 0.6) is 0 Å². The molecule has 0 aromatic carbocycles. The first-order valence-electron chi connectivity index (χ1n) is 7.05. The summed E-state index contributed by atoms with van der Waals surface area (Å²) in [6.07, 6.45) is 0.0721. The third kappa shape index (κ3) is 4.27. The second-order valence-corrected chi connectivity index (χ2v) is 6.40. The van der Waals surface area contributed by atoms with Crippen LogP contribution in [0.1, 0.15) is 22.0 Å². The fourth-order valence-corrected chi connectivity index (χ4v) is 3.08. The fraction of sp³-hybridized carbons (Fsp3) is 0.200. The van der Waals surface area contributed by atoms with Crippen molar-refractivity contribution in [1.82, 2.24) is 15.5 Å². The van der Waals surface area contributed by atoms with Crippen LogP contribution in [-0.2, 0) is 16.1 Å². The lowest BCUT2D eigenvalue weighted by atomic mass is 10.3. The summed E-state index contributed by atoms with van der Waals surface area (Å²) in [5.41, 5.74) is 0.859. The van der Waals surface area contributed by atoms with Crippen LogP contribution in [-0.4, -0.2) is 28.6 Å². The van der Waals surface area contributed by atoms with Crippen LogP contribution < -0.4 is 5.32 Å². The van der Waals surface area contributed by atoms with Crippen molar-refractivity contribution in [3.8, 4) is 11.4 Å². The number of nitrogens with zero attached hydrogens (tertiary/aromatic N) is 2. The molecule has 0 radical (unpaired) electrons. The SMILES string of the molecule is O=C(CCNC(=O)c1cccs1)OCc1nc(-c2ccsc2)no1. The van der Waals surface area contributed by atoms with E-state index in [4.69, 9.17) is 9.26 Å². The first kappa shape index (κ1) is 16.3. The van der Waals surface area contributed by atoms with Gasteiger partial charge in [-0.05, 0) is 22.9 Å². The Morgan fingerprint density at radius 1 is 1.29 bits per heavy atom. The number of carbonyl (C=O) groups excluding carboxylic acids is 2. The van der Waals surface area contributed by atoms with Gasteiger partial charge in [0, 0.05) is 17.5 Å². The number of ether oxygens (including phenoxy) is 1. The summed E-state index contributed by atoms with van der Waals surface area (Å²) >= 11 is 2.87. The number of nitrogens with one attached hydrogen (secondary N) is 1. The molecule has 0 spiro atoms. The third-order valence-corrected chi connectivity index (χ3v) is 4.52. The number of hydrogen-bond donors (Lipinski definition) is 1. The van der Waals surface area contributed by atoms with Gasteiger partial charge in [-0.2, -0.15) is 16.3 Å². The summed E-state index contributed by atoms with van der Waals surface area (Å²) in [6.45, 7) is 0.119. The quantitative estimate of drug-likeness (QED) is 0.649. The molecule has 0 aliphatic rings. The molecule has 3 aromatic heterocycles. The van der Waals surface area contributed by atoms with E-state index in [-0.39, 0.29) is 31.4 Å². The number of thiophene rings is 2. The topological polar surface area (TPSA) is 94.3 Å². The van der Waals surface area contributed by atoms with E-state index in [9.17, 15) is 9.59 Å². The number of amides is 1. The molecular weight excluding hydrogens is 350 g/mol. The average molecular weight is 363 g/mol. The molecule has 0 bridgehead atoms. The Hall–Kier alpha value is -2.52. The van der Waals surface area contributed by atoms with Crippen LogP contribution in [0.3, 0.4) is 0 Å². The molecule has 24 heavy (non-hydrogen) atoms. The summed E-state index contributed by atoms with van der Waals surface area (Å²) < 4.78 is 10.1. The van der Waals surface area contributed by atoms with Gasteiger partial charge in [-0.15, -0.1) is 11.3 Å². The second kappa shape index (κ2) is 7.84. The zero-order chi connectivity index (χ0) is 16.8. The summed E-state index contributed by atoms with van der Waals surface area (Å²) in [5.74, 6) is 0.0459. The van der Waals surface area contributed by atoms with E-state index < -0.39 is 5.97 Å². The molecule has 9 heteroatoms. The molecule has 3 heterocycles. The Balaban J connectivity index is 1.39. The van der Waals surface area contributed by atoms with Crippen molar-refractivity contribution in [2.24, 2.45) is 0 Å². The van der Waals surface area contributed by atoms with Gasteiger partial charge in [0.1, 0.15) is 0 Å². The Bertz CT molecular complexity index is 797. The predicted octanol–water partition coefficient (Wildman–Crippen LogP) is 2.72. The maximum atomic E-state index is 11.7. The molecule has 0 atom stereocenters. The van der Waals surface area contributed by atoms with Gasteiger partial charge in [-0.25, -0.2) is 0 Å². The second-order valence-electron chi connectivity index (χ2n) is 4.67. The van der Waals surface area contributed by atoms with Gasteiger partial charge in [-0.1, -0.05) is 11.2 Å². The van der Waals surface area contributed by atoms with Gasteiger partial charge in [-0.3, -0.25) is 9.59 Å². The van der Waals surface area contributed by atoms with E-state index in [1.54, 1.807) is 12.1 Å². The van der Waals surface area contributed by atoms with Crippen molar-refractivity contribution in [2.75, 3.05) is 6.54 Å². The number of esters is 1. The van der Waals surface area contributed by atoms with Gasteiger partial charge in [0.25, 0.3) is 11.8 Å². The summed E-state index contributed by atoms with van der Waals surface area (Å²) in [5, 5.41) is 12.1. The molecule has 3 rings (SSSR count). The first-order chi connectivity index (χ1) is 11.7. The predicted molar refractivity (Wildman–Crippen MR) is 88.7 cm³/mol. The average Bonchev–Trinajstić information content (AvgIpc) is 3.34. The minimum absolute atomic E-state index is 0.0721. The Morgan fingerprint density at radius 2 is 2.21 bits per heavy atom. The van der Waals surface area contributed by atoms with Gasteiger partial charge < -0.3 is 14.6 Å². The van der Waals surface area contributed by atoms with Crippen LogP contribution in [0.15, 0.2) is 38.9 Å². The lowest BCUT2D eigenvalue weighted by Crippen LogP contribution is -2.25. The normalized spacial score (nSPS) is 10.5. The molecule has 0 saturated heterocycles. The summed E-state index contributed by atoms with van der Waals surface area (Å²) in [6, 6.07) is 5.39. The first-order valence-corrected chi connectivity index (χ1v) is 8.87. The smallest absolute Gasteiger partial charge is 0.308 e. The molecule has 0 saturated carbocycles. The van der Waals surface area contributed by atoms with Crippen molar-refractivity contribution in [3.05, 3.63) is 45.1 Å². The van der Waals surface area contributed by atoms with E-state index >= 15 is 0 Å². The van der Waals surface area contributed by atoms with E-state index in [0.717, 1.165) is 5.56 Å². The maximum Gasteiger partial charge on any atom is 0.308 e. The standard InChI is InChI=1S/C15H13N3O4S2/c19-13(3-5-16-15(20)11-2-1-6-24-11)21-8-12-17-14(18-22-12)10-4-7-23-9-10/h1-2,4,6-7,9H,3,5,8H2,(H,16,20). The number of carbonyl (C=O) groups is 2. The van der Waals surface area contributed by atoms with Gasteiger partial charge in [0.15, 0.2) is 6.61 Å². The van der Waals surface area contributed by atoms with Crippen molar-refractivity contribution in [3.63, 3.8) is 0 Å². The number of hydrogen-bond acceptors (Lipinski definition) is 8. The summed E-state index contributed by atoms with van der Waals surface area (Å²) in [7, 11) is 0. The highest BCUT2D eigenvalue weighted by Crippen LogP contribution is 2.18. The zero-order valence-corrected chi connectivity index (χ0v) is 14.1. The molecule has 0 fully saturated rings.